The highest BCUT2D eigenvalue weighted by Gasteiger charge is 2.35. The highest BCUT2D eigenvalue weighted by Crippen LogP contribution is 2.37. The number of carbonyl (C=O) groups is 3. The van der Waals surface area contributed by atoms with Crippen LogP contribution in [-0.4, -0.2) is 42.1 Å². The number of hydrogen-bond acceptors (Lipinski definition) is 9. The maximum Gasteiger partial charge on any atom is 0.283 e. The number of nitrogens with zero attached hydrogens (tertiary/aromatic N) is 3. The number of rotatable bonds is 8. The van der Waals surface area contributed by atoms with E-state index < -0.39 is 5.91 Å². The molecule has 4 aromatic rings. The van der Waals surface area contributed by atoms with Crippen molar-refractivity contribution < 1.29 is 23.9 Å². The van der Waals surface area contributed by atoms with Crippen LogP contribution in [-0.2, 0) is 4.79 Å². The highest BCUT2D eigenvalue weighted by atomic mass is 32.2. The lowest BCUT2D eigenvalue weighted by molar-refractivity contribution is -0.113. The summed E-state index contributed by atoms with van der Waals surface area (Å²) in [7, 11) is 3.11. The van der Waals surface area contributed by atoms with Crippen LogP contribution in [0.4, 0.5) is 10.8 Å². The van der Waals surface area contributed by atoms with Crippen molar-refractivity contribution in [1.82, 2.24) is 10.4 Å². The summed E-state index contributed by atoms with van der Waals surface area (Å²) in [4.78, 5) is 45.7. The summed E-state index contributed by atoms with van der Waals surface area (Å²) >= 11 is 2.15. The van der Waals surface area contributed by atoms with Gasteiger partial charge in [0.2, 0.25) is 0 Å². The van der Waals surface area contributed by atoms with Gasteiger partial charge in [-0.3, -0.25) is 24.6 Å². The number of amidine groups is 1. The van der Waals surface area contributed by atoms with E-state index in [0.717, 1.165) is 28.7 Å². The van der Waals surface area contributed by atoms with Crippen molar-refractivity contribution in [1.29, 1.82) is 0 Å². The van der Waals surface area contributed by atoms with Crippen LogP contribution in [0.15, 0.2) is 88.9 Å². The Bertz CT molecular complexity index is 1700. The van der Waals surface area contributed by atoms with Crippen molar-refractivity contribution in [2.75, 3.05) is 24.4 Å². The minimum atomic E-state index is -0.523. The predicted molar refractivity (Wildman–Crippen MR) is 165 cm³/mol. The molecule has 0 aliphatic carbocycles. The van der Waals surface area contributed by atoms with Gasteiger partial charge in [0.05, 0.1) is 30.5 Å². The fraction of sp³-hybridized carbons (Fsp3) is 0.100. The average molecular weight is 600 g/mol. The van der Waals surface area contributed by atoms with Crippen LogP contribution >= 0.6 is 23.1 Å². The molecule has 1 saturated heterocycles. The fourth-order valence-electron chi connectivity index (χ4n) is 4.00. The third-order valence-corrected chi connectivity index (χ3v) is 8.12. The standard InChI is InChI=1S/C30H25N5O5S2/c1-18-25(42-29(31-18)32-26(36)19-13-15-22(39-2)16-14-19)27(37)33-34-30-35(21-10-5-4-6-11-21)28(38)24(41-30)17-20-9-7-8-12-23(20)40-3/h4-17H,1-3H3,(H,33,37)(H,31,32,36)/b24-17-,34-30-. The molecule has 1 aromatic heterocycles. The van der Waals surface area contributed by atoms with E-state index in [9.17, 15) is 14.4 Å². The maximum absolute atomic E-state index is 13.5. The largest absolute Gasteiger partial charge is 0.497 e. The molecule has 12 heteroatoms. The van der Waals surface area contributed by atoms with Crippen molar-refractivity contribution in [3.63, 3.8) is 0 Å². The van der Waals surface area contributed by atoms with Crippen molar-refractivity contribution in [3.05, 3.63) is 105 Å². The quantitative estimate of drug-likeness (QED) is 0.201. The zero-order valence-electron chi connectivity index (χ0n) is 22.8. The molecule has 3 aromatic carbocycles. The Morgan fingerprint density at radius 2 is 1.64 bits per heavy atom. The Hall–Kier alpha value is -4.94. The van der Waals surface area contributed by atoms with Crippen LogP contribution in [0.5, 0.6) is 11.5 Å². The average Bonchev–Trinajstić information content (AvgIpc) is 3.54. The van der Waals surface area contributed by atoms with Gasteiger partial charge in [-0.05, 0) is 67.2 Å². The normalized spacial score (nSPS) is 14.7. The molecule has 0 spiro atoms. The molecule has 1 aliphatic heterocycles. The van der Waals surface area contributed by atoms with Crippen molar-refractivity contribution in [2.24, 2.45) is 5.10 Å². The van der Waals surface area contributed by atoms with Gasteiger partial charge in [-0.15, -0.1) is 5.10 Å². The molecule has 0 saturated carbocycles. The molecule has 3 amide bonds. The maximum atomic E-state index is 13.5. The predicted octanol–water partition coefficient (Wildman–Crippen LogP) is 5.54. The Morgan fingerprint density at radius 3 is 2.36 bits per heavy atom. The summed E-state index contributed by atoms with van der Waals surface area (Å²) in [5.41, 5.74) is 4.73. The first-order valence-corrected chi connectivity index (χ1v) is 14.2. The number of thioether (sulfide) groups is 1. The van der Waals surface area contributed by atoms with Gasteiger partial charge in [0.15, 0.2) is 10.3 Å². The van der Waals surface area contributed by atoms with Crippen LogP contribution in [0.1, 0.15) is 31.3 Å². The van der Waals surface area contributed by atoms with Crippen LogP contribution in [0.3, 0.4) is 0 Å². The number of amides is 3. The van der Waals surface area contributed by atoms with Crippen LogP contribution < -0.4 is 25.1 Å². The number of nitrogens with one attached hydrogen (secondary N) is 2. The van der Waals surface area contributed by atoms with E-state index in [1.54, 1.807) is 63.6 Å². The minimum Gasteiger partial charge on any atom is -0.497 e. The van der Waals surface area contributed by atoms with E-state index in [2.05, 4.69) is 20.8 Å². The summed E-state index contributed by atoms with van der Waals surface area (Å²) in [6.07, 6.45) is 1.73. The van der Waals surface area contributed by atoms with Crippen molar-refractivity contribution in [2.45, 2.75) is 6.92 Å². The second-order valence-electron chi connectivity index (χ2n) is 8.78. The molecule has 2 N–H and O–H groups in total. The van der Waals surface area contributed by atoms with Gasteiger partial charge in [0, 0.05) is 11.1 Å². The van der Waals surface area contributed by atoms with E-state index in [-0.39, 0.29) is 27.0 Å². The van der Waals surface area contributed by atoms with Crippen molar-refractivity contribution >= 4 is 62.9 Å². The second kappa shape index (κ2) is 12.7. The number of aryl methyl sites for hydroxylation is 1. The molecular formula is C30H25N5O5S2. The van der Waals surface area contributed by atoms with E-state index in [1.165, 1.54) is 4.90 Å². The summed E-state index contributed by atoms with van der Waals surface area (Å²) in [6, 6.07) is 23.0. The number of benzene rings is 3. The van der Waals surface area contributed by atoms with Gasteiger partial charge in [-0.2, -0.15) is 0 Å². The van der Waals surface area contributed by atoms with Crippen LogP contribution in [0.25, 0.3) is 6.08 Å². The highest BCUT2D eigenvalue weighted by molar-refractivity contribution is 8.19. The molecule has 212 valence electrons. The summed E-state index contributed by atoms with van der Waals surface area (Å²) in [5, 5.41) is 7.57. The smallest absolute Gasteiger partial charge is 0.283 e. The monoisotopic (exact) mass is 599 g/mol. The number of carbonyl (C=O) groups excluding carboxylic acids is 3. The summed E-state index contributed by atoms with van der Waals surface area (Å²) in [5.74, 6) is 0.0760. The molecule has 0 radical (unpaired) electrons. The fourth-order valence-corrected chi connectivity index (χ4v) is 5.79. The second-order valence-corrected chi connectivity index (χ2v) is 10.8. The molecule has 1 aliphatic rings. The number of hydrogen-bond donors (Lipinski definition) is 2. The molecule has 5 rings (SSSR count). The van der Waals surface area contributed by atoms with E-state index >= 15 is 0 Å². The summed E-state index contributed by atoms with van der Waals surface area (Å²) in [6.45, 7) is 1.67. The topological polar surface area (TPSA) is 122 Å². The number of methoxy groups -OCH3 is 2. The number of para-hydroxylation sites is 2. The van der Waals surface area contributed by atoms with Gasteiger partial charge in [-0.1, -0.05) is 47.7 Å². The third kappa shape index (κ3) is 6.19. The molecule has 1 fully saturated rings. The van der Waals surface area contributed by atoms with Gasteiger partial charge in [-0.25, -0.2) is 10.4 Å². The first-order valence-electron chi connectivity index (χ1n) is 12.6. The molecular weight excluding hydrogens is 574 g/mol. The Kier molecular flexibility index (Phi) is 8.65. The number of hydrazone groups is 1. The van der Waals surface area contributed by atoms with Gasteiger partial charge >= 0.3 is 0 Å². The lowest BCUT2D eigenvalue weighted by Gasteiger charge is -2.15. The molecule has 0 bridgehead atoms. The zero-order valence-corrected chi connectivity index (χ0v) is 24.4. The van der Waals surface area contributed by atoms with Gasteiger partial charge < -0.3 is 9.47 Å². The van der Waals surface area contributed by atoms with Gasteiger partial charge in [0.1, 0.15) is 16.4 Å². The molecule has 42 heavy (non-hydrogen) atoms. The van der Waals surface area contributed by atoms with Crippen LogP contribution in [0, 0.1) is 6.92 Å². The Labute approximate surface area is 250 Å². The molecule has 10 nitrogen and oxygen atoms in total. The third-order valence-electron chi connectivity index (χ3n) is 6.07. The Balaban J connectivity index is 1.36. The zero-order chi connectivity index (χ0) is 29.6. The number of anilines is 2. The first kappa shape index (κ1) is 28.6. The molecule has 0 unspecified atom stereocenters. The SMILES string of the molecule is COc1ccc(C(=O)Nc2nc(C)c(C(=O)N/N=C3\S/C(=C\c4ccccc4OC)C(=O)N3c3ccccc3)s2)cc1. The molecule has 0 atom stereocenters. The minimum absolute atomic E-state index is 0.268. The van der Waals surface area contributed by atoms with Crippen molar-refractivity contribution in [3.8, 4) is 11.5 Å². The number of thiazole rings is 1. The lowest BCUT2D eigenvalue weighted by atomic mass is 10.2. The lowest BCUT2D eigenvalue weighted by Crippen LogP contribution is -2.31. The first-order chi connectivity index (χ1) is 20.4. The number of aromatic nitrogens is 1. The van der Waals surface area contributed by atoms with Gasteiger partial charge in [0.25, 0.3) is 17.7 Å². The molecule has 2 heterocycles. The van der Waals surface area contributed by atoms with E-state index in [4.69, 9.17) is 9.47 Å². The van der Waals surface area contributed by atoms with Crippen LogP contribution in [0.2, 0.25) is 0 Å². The van der Waals surface area contributed by atoms with E-state index in [0.29, 0.717) is 33.3 Å². The van der Waals surface area contributed by atoms with E-state index in [1.807, 2.05) is 42.5 Å². The number of ether oxygens (including phenoxy) is 2. The summed E-state index contributed by atoms with van der Waals surface area (Å²) < 4.78 is 10.6. The Morgan fingerprint density at radius 1 is 0.929 bits per heavy atom.